The van der Waals surface area contributed by atoms with Crippen LogP contribution in [0.4, 0.5) is 4.39 Å². The molecule has 0 bridgehead atoms. The Morgan fingerprint density at radius 2 is 2.20 bits per heavy atom. The first-order valence-electron chi connectivity index (χ1n) is 6.58. The van der Waals surface area contributed by atoms with Crippen LogP contribution in [0, 0.1) is 5.95 Å². The van der Waals surface area contributed by atoms with Crippen LogP contribution in [0.3, 0.4) is 0 Å². The Balaban J connectivity index is 2.68. The molecule has 1 aromatic heterocycles. The van der Waals surface area contributed by atoms with E-state index in [0.717, 1.165) is 25.3 Å². The van der Waals surface area contributed by atoms with Crippen molar-refractivity contribution >= 4 is 11.9 Å². The van der Waals surface area contributed by atoms with Crippen molar-refractivity contribution in [3.63, 3.8) is 0 Å². The van der Waals surface area contributed by atoms with Crippen LogP contribution in [0.25, 0.3) is 0 Å². The Morgan fingerprint density at radius 3 is 2.80 bits per heavy atom. The predicted octanol–water partition coefficient (Wildman–Crippen LogP) is 2.07. The van der Waals surface area contributed by atoms with Gasteiger partial charge in [0.15, 0.2) is 0 Å². The monoisotopic (exact) mass is 282 g/mol. The second kappa shape index (κ2) is 8.24. The fourth-order valence-corrected chi connectivity index (χ4v) is 1.77. The van der Waals surface area contributed by atoms with E-state index in [9.17, 15) is 14.0 Å². The SMILES string of the molecule is CCCCC[C@H](NC(=O)c1ccnc(F)c1)C(=O)OC. The predicted molar refractivity (Wildman–Crippen MR) is 71.6 cm³/mol. The number of aromatic nitrogens is 1. The molecule has 0 spiro atoms. The number of esters is 1. The van der Waals surface area contributed by atoms with Crippen molar-refractivity contribution in [2.75, 3.05) is 7.11 Å². The maximum atomic E-state index is 13.0. The number of rotatable bonds is 7. The molecule has 0 aromatic carbocycles. The summed E-state index contributed by atoms with van der Waals surface area (Å²) in [5.74, 6) is -1.75. The van der Waals surface area contributed by atoms with Crippen LogP contribution in [-0.4, -0.2) is 30.0 Å². The highest BCUT2D eigenvalue weighted by Gasteiger charge is 2.21. The summed E-state index contributed by atoms with van der Waals surface area (Å²) in [4.78, 5) is 26.9. The average molecular weight is 282 g/mol. The van der Waals surface area contributed by atoms with Gasteiger partial charge < -0.3 is 10.1 Å². The molecular weight excluding hydrogens is 263 g/mol. The minimum atomic E-state index is -0.738. The van der Waals surface area contributed by atoms with Gasteiger partial charge in [0.2, 0.25) is 5.95 Å². The van der Waals surface area contributed by atoms with Gasteiger partial charge in [-0.2, -0.15) is 4.39 Å². The fourth-order valence-electron chi connectivity index (χ4n) is 1.77. The topological polar surface area (TPSA) is 68.3 Å². The Bertz CT molecular complexity index is 465. The summed E-state index contributed by atoms with van der Waals surface area (Å²) < 4.78 is 17.6. The number of nitrogens with one attached hydrogen (secondary N) is 1. The van der Waals surface area contributed by atoms with Crippen LogP contribution in [-0.2, 0) is 9.53 Å². The molecule has 0 unspecified atom stereocenters. The quantitative estimate of drug-likeness (QED) is 0.472. The lowest BCUT2D eigenvalue weighted by Gasteiger charge is -2.16. The molecule has 110 valence electrons. The highest BCUT2D eigenvalue weighted by atomic mass is 19.1. The molecule has 0 saturated carbocycles. The average Bonchev–Trinajstić information content (AvgIpc) is 2.45. The molecule has 1 aromatic rings. The van der Waals surface area contributed by atoms with Crippen molar-refractivity contribution in [3.8, 4) is 0 Å². The molecular formula is C14H19FN2O3. The highest BCUT2D eigenvalue weighted by Crippen LogP contribution is 2.07. The van der Waals surface area contributed by atoms with Crippen LogP contribution in [0.15, 0.2) is 18.3 Å². The molecule has 1 N–H and O–H groups in total. The Kier molecular flexibility index (Phi) is 6.63. The molecule has 1 amide bonds. The number of amides is 1. The number of ether oxygens (including phenoxy) is 1. The molecule has 1 atom stereocenters. The van der Waals surface area contributed by atoms with E-state index in [2.05, 4.69) is 15.0 Å². The summed E-state index contributed by atoms with van der Waals surface area (Å²) in [5.41, 5.74) is 0.127. The van der Waals surface area contributed by atoms with Gasteiger partial charge in [0.05, 0.1) is 7.11 Å². The number of carbonyl (C=O) groups is 2. The molecule has 5 nitrogen and oxygen atoms in total. The number of carbonyl (C=O) groups excluding carboxylic acids is 2. The number of unbranched alkanes of at least 4 members (excludes halogenated alkanes) is 2. The van der Waals surface area contributed by atoms with Crippen molar-refractivity contribution in [1.82, 2.24) is 10.3 Å². The molecule has 1 rings (SSSR count). The lowest BCUT2D eigenvalue weighted by molar-refractivity contribution is -0.143. The van der Waals surface area contributed by atoms with Crippen LogP contribution in [0.2, 0.25) is 0 Å². The van der Waals surface area contributed by atoms with E-state index in [-0.39, 0.29) is 5.56 Å². The molecule has 0 fully saturated rings. The van der Waals surface area contributed by atoms with E-state index in [0.29, 0.717) is 6.42 Å². The number of nitrogens with zero attached hydrogens (tertiary/aromatic N) is 1. The first-order valence-corrected chi connectivity index (χ1v) is 6.58. The molecule has 6 heteroatoms. The van der Waals surface area contributed by atoms with Crippen LogP contribution in [0.1, 0.15) is 43.0 Å². The third-order valence-electron chi connectivity index (χ3n) is 2.88. The van der Waals surface area contributed by atoms with Crippen molar-refractivity contribution in [2.24, 2.45) is 0 Å². The van der Waals surface area contributed by atoms with Gasteiger partial charge in [-0.05, 0) is 12.5 Å². The van der Waals surface area contributed by atoms with Crippen LogP contribution >= 0.6 is 0 Å². The second-order valence-electron chi connectivity index (χ2n) is 4.41. The van der Waals surface area contributed by atoms with E-state index < -0.39 is 23.9 Å². The zero-order valence-corrected chi connectivity index (χ0v) is 11.7. The van der Waals surface area contributed by atoms with E-state index in [1.165, 1.54) is 19.4 Å². The lowest BCUT2D eigenvalue weighted by Crippen LogP contribution is -2.41. The minimum Gasteiger partial charge on any atom is -0.467 e. The number of halogens is 1. The number of methoxy groups -OCH3 is 1. The molecule has 0 aliphatic carbocycles. The summed E-state index contributed by atoms with van der Waals surface area (Å²) in [5, 5.41) is 2.56. The molecule has 20 heavy (non-hydrogen) atoms. The molecule has 1 heterocycles. The number of hydrogen-bond acceptors (Lipinski definition) is 4. The van der Waals surface area contributed by atoms with E-state index in [1.54, 1.807) is 0 Å². The van der Waals surface area contributed by atoms with Gasteiger partial charge in [-0.25, -0.2) is 9.78 Å². The van der Waals surface area contributed by atoms with Gasteiger partial charge >= 0.3 is 5.97 Å². The first kappa shape index (κ1) is 16.1. The maximum absolute atomic E-state index is 13.0. The van der Waals surface area contributed by atoms with Crippen molar-refractivity contribution in [3.05, 3.63) is 29.8 Å². The lowest BCUT2D eigenvalue weighted by atomic mass is 10.1. The molecule has 0 saturated heterocycles. The minimum absolute atomic E-state index is 0.127. The smallest absolute Gasteiger partial charge is 0.328 e. The molecule has 0 radical (unpaired) electrons. The Morgan fingerprint density at radius 1 is 1.45 bits per heavy atom. The normalized spacial score (nSPS) is 11.8. The maximum Gasteiger partial charge on any atom is 0.328 e. The van der Waals surface area contributed by atoms with Gasteiger partial charge in [0, 0.05) is 17.8 Å². The Labute approximate surface area is 117 Å². The van der Waals surface area contributed by atoms with Crippen molar-refractivity contribution in [1.29, 1.82) is 0 Å². The van der Waals surface area contributed by atoms with Crippen molar-refractivity contribution < 1.29 is 18.7 Å². The zero-order chi connectivity index (χ0) is 15.0. The molecule has 0 aliphatic heterocycles. The van der Waals surface area contributed by atoms with Crippen molar-refractivity contribution in [2.45, 2.75) is 38.6 Å². The fraction of sp³-hybridized carbons (Fsp3) is 0.500. The van der Waals surface area contributed by atoms with E-state index in [1.807, 2.05) is 6.92 Å². The van der Waals surface area contributed by atoms with Crippen LogP contribution < -0.4 is 5.32 Å². The van der Waals surface area contributed by atoms with E-state index in [4.69, 9.17) is 0 Å². The second-order valence-corrected chi connectivity index (χ2v) is 4.41. The summed E-state index contributed by atoms with van der Waals surface area (Å²) in [6.07, 6.45) is 4.49. The third-order valence-corrected chi connectivity index (χ3v) is 2.88. The first-order chi connectivity index (χ1) is 9.58. The van der Waals surface area contributed by atoms with Gasteiger partial charge in [-0.1, -0.05) is 26.2 Å². The zero-order valence-electron chi connectivity index (χ0n) is 11.7. The highest BCUT2D eigenvalue weighted by molar-refractivity contribution is 5.96. The summed E-state index contributed by atoms with van der Waals surface area (Å²) in [7, 11) is 1.27. The van der Waals surface area contributed by atoms with Crippen LogP contribution in [0.5, 0.6) is 0 Å². The standard InChI is InChI=1S/C14H19FN2O3/c1-3-4-5-6-11(14(19)20-2)17-13(18)10-7-8-16-12(15)9-10/h7-9,11H,3-6H2,1-2H3,(H,17,18)/t11-/m0/s1. The largest absolute Gasteiger partial charge is 0.467 e. The van der Waals surface area contributed by atoms with Gasteiger partial charge in [-0.15, -0.1) is 0 Å². The van der Waals surface area contributed by atoms with E-state index >= 15 is 0 Å². The third kappa shape index (κ3) is 4.95. The molecule has 0 aliphatic rings. The van der Waals surface area contributed by atoms with Gasteiger partial charge in [0.25, 0.3) is 5.91 Å². The summed E-state index contributed by atoms with van der Waals surface area (Å²) >= 11 is 0. The Hall–Kier alpha value is -1.98. The number of pyridine rings is 1. The summed E-state index contributed by atoms with van der Waals surface area (Å²) in [6, 6.07) is 1.70. The number of hydrogen-bond donors (Lipinski definition) is 1. The summed E-state index contributed by atoms with van der Waals surface area (Å²) in [6.45, 7) is 2.05. The van der Waals surface area contributed by atoms with Gasteiger partial charge in [-0.3, -0.25) is 4.79 Å². The van der Waals surface area contributed by atoms with Gasteiger partial charge in [0.1, 0.15) is 6.04 Å².